The molecular formula is C14H28N2O2. The third-order valence-corrected chi connectivity index (χ3v) is 3.41. The van der Waals surface area contributed by atoms with Gasteiger partial charge < -0.3 is 15.0 Å². The van der Waals surface area contributed by atoms with Crippen LogP contribution in [0.1, 0.15) is 46.0 Å². The standard InChI is InChI=1S/C14H28N2O2/c1-4-9-15-13(14(17)18-3)8-11-16(10-5-2)12-6-7-12/h12-13,15H,4-11H2,1-3H3. The first-order chi connectivity index (χ1) is 8.72. The first kappa shape index (κ1) is 15.4. The molecule has 1 fully saturated rings. The second-order valence-corrected chi connectivity index (χ2v) is 5.09. The van der Waals surface area contributed by atoms with Gasteiger partial charge in [0.05, 0.1) is 7.11 Å². The molecule has 0 aromatic carbocycles. The summed E-state index contributed by atoms with van der Waals surface area (Å²) in [6, 6.07) is 0.627. The van der Waals surface area contributed by atoms with E-state index in [4.69, 9.17) is 4.74 Å². The van der Waals surface area contributed by atoms with Crippen molar-refractivity contribution < 1.29 is 9.53 Å². The summed E-state index contributed by atoms with van der Waals surface area (Å²) in [5.41, 5.74) is 0. The third kappa shape index (κ3) is 5.36. The van der Waals surface area contributed by atoms with Gasteiger partial charge in [-0.2, -0.15) is 0 Å². The Morgan fingerprint density at radius 1 is 1.33 bits per heavy atom. The maximum absolute atomic E-state index is 11.7. The summed E-state index contributed by atoms with van der Waals surface area (Å²) in [5.74, 6) is -0.129. The molecule has 0 aromatic rings. The lowest BCUT2D eigenvalue weighted by molar-refractivity contribution is -0.143. The largest absolute Gasteiger partial charge is 0.468 e. The summed E-state index contributed by atoms with van der Waals surface area (Å²) < 4.78 is 4.86. The molecule has 106 valence electrons. The lowest BCUT2D eigenvalue weighted by atomic mass is 10.2. The molecular weight excluding hydrogens is 228 g/mol. The number of methoxy groups -OCH3 is 1. The summed E-state index contributed by atoms with van der Waals surface area (Å²) in [6.07, 6.45) is 5.72. The molecule has 0 saturated heterocycles. The highest BCUT2D eigenvalue weighted by molar-refractivity contribution is 5.75. The zero-order chi connectivity index (χ0) is 13.4. The molecule has 4 heteroatoms. The van der Waals surface area contributed by atoms with Gasteiger partial charge in [-0.15, -0.1) is 0 Å². The van der Waals surface area contributed by atoms with Gasteiger partial charge in [0, 0.05) is 12.6 Å². The van der Waals surface area contributed by atoms with Gasteiger partial charge in [0.15, 0.2) is 0 Å². The third-order valence-electron chi connectivity index (χ3n) is 3.41. The van der Waals surface area contributed by atoms with Crippen LogP contribution in [-0.2, 0) is 9.53 Å². The van der Waals surface area contributed by atoms with E-state index in [0.717, 1.165) is 38.5 Å². The molecule has 0 amide bonds. The molecule has 1 saturated carbocycles. The Labute approximate surface area is 111 Å². The van der Waals surface area contributed by atoms with E-state index >= 15 is 0 Å². The van der Waals surface area contributed by atoms with Crippen LogP contribution in [0.15, 0.2) is 0 Å². The van der Waals surface area contributed by atoms with Gasteiger partial charge in [-0.1, -0.05) is 13.8 Å². The SMILES string of the molecule is CCCNC(CCN(CCC)C1CC1)C(=O)OC. The van der Waals surface area contributed by atoms with Crippen LogP contribution in [0.3, 0.4) is 0 Å². The van der Waals surface area contributed by atoms with Crippen LogP contribution >= 0.6 is 0 Å². The van der Waals surface area contributed by atoms with Crippen LogP contribution in [0.25, 0.3) is 0 Å². The van der Waals surface area contributed by atoms with Gasteiger partial charge in [0.25, 0.3) is 0 Å². The summed E-state index contributed by atoms with van der Waals surface area (Å²) in [6.45, 7) is 7.33. The van der Waals surface area contributed by atoms with E-state index in [9.17, 15) is 4.79 Å². The zero-order valence-electron chi connectivity index (χ0n) is 12.1. The van der Waals surface area contributed by atoms with Gasteiger partial charge >= 0.3 is 5.97 Å². The van der Waals surface area contributed by atoms with Gasteiger partial charge in [-0.05, 0) is 45.2 Å². The number of rotatable bonds is 10. The number of carbonyl (C=O) groups is 1. The van der Waals surface area contributed by atoms with Crippen LogP contribution in [0, 0.1) is 0 Å². The lowest BCUT2D eigenvalue weighted by Gasteiger charge is -2.24. The minimum absolute atomic E-state index is 0.129. The molecule has 1 aliphatic carbocycles. The average Bonchev–Trinajstić information content (AvgIpc) is 3.21. The highest BCUT2D eigenvalue weighted by atomic mass is 16.5. The Hall–Kier alpha value is -0.610. The molecule has 0 bridgehead atoms. The van der Waals surface area contributed by atoms with E-state index in [0.29, 0.717) is 0 Å². The number of nitrogens with zero attached hydrogens (tertiary/aromatic N) is 1. The Balaban J connectivity index is 2.35. The fraction of sp³-hybridized carbons (Fsp3) is 0.929. The average molecular weight is 256 g/mol. The number of carbonyl (C=O) groups excluding carboxylic acids is 1. The number of esters is 1. The van der Waals surface area contributed by atoms with Crippen LogP contribution in [0.5, 0.6) is 0 Å². The van der Waals surface area contributed by atoms with Gasteiger partial charge in [0.2, 0.25) is 0 Å². The topological polar surface area (TPSA) is 41.6 Å². The Kier molecular flexibility index (Phi) is 7.28. The fourth-order valence-electron chi connectivity index (χ4n) is 2.26. The molecule has 1 aliphatic rings. The van der Waals surface area contributed by atoms with Crippen LogP contribution < -0.4 is 5.32 Å². The quantitative estimate of drug-likeness (QED) is 0.605. The highest BCUT2D eigenvalue weighted by Crippen LogP contribution is 2.27. The van der Waals surface area contributed by atoms with E-state index in [2.05, 4.69) is 24.1 Å². The van der Waals surface area contributed by atoms with Crippen LogP contribution in [0.2, 0.25) is 0 Å². The van der Waals surface area contributed by atoms with Crippen molar-refractivity contribution in [1.82, 2.24) is 10.2 Å². The van der Waals surface area contributed by atoms with Crippen molar-refractivity contribution in [2.45, 2.75) is 58.0 Å². The van der Waals surface area contributed by atoms with Crippen molar-refractivity contribution in [2.24, 2.45) is 0 Å². The summed E-state index contributed by atoms with van der Waals surface area (Å²) in [5, 5.41) is 3.28. The van der Waals surface area contributed by atoms with Crippen LogP contribution in [0.4, 0.5) is 0 Å². The molecule has 1 unspecified atom stereocenters. The van der Waals surface area contributed by atoms with Crippen molar-refractivity contribution in [3.63, 3.8) is 0 Å². The molecule has 0 aromatic heterocycles. The van der Waals surface area contributed by atoms with Gasteiger partial charge in [-0.25, -0.2) is 0 Å². The maximum Gasteiger partial charge on any atom is 0.322 e. The number of ether oxygens (including phenoxy) is 1. The Morgan fingerprint density at radius 2 is 2.06 bits per heavy atom. The zero-order valence-corrected chi connectivity index (χ0v) is 12.1. The van der Waals surface area contributed by atoms with Gasteiger partial charge in [-0.3, -0.25) is 4.79 Å². The molecule has 1 atom stereocenters. The second kappa shape index (κ2) is 8.48. The van der Waals surface area contributed by atoms with Crippen molar-refractivity contribution in [1.29, 1.82) is 0 Å². The molecule has 0 aliphatic heterocycles. The highest BCUT2D eigenvalue weighted by Gasteiger charge is 2.29. The monoisotopic (exact) mass is 256 g/mol. The number of hydrogen-bond donors (Lipinski definition) is 1. The van der Waals surface area contributed by atoms with E-state index in [1.54, 1.807) is 0 Å². The first-order valence-corrected chi connectivity index (χ1v) is 7.28. The normalized spacial score (nSPS) is 16.9. The fourth-order valence-corrected chi connectivity index (χ4v) is 2.26. The molecule has 0 heterocycles. The summed E-state index contributed by atoms with van der Waals surface area (Å²) in [7, 11) is 1.47. The molecule has 18 heavy (non-hydrogen) atoms. The predicted octanol–water partition coefficient (Wildman–Crippen LogP) is 1.79. The lowest BCUT2D eigenvalue weighted by Crippen LogP contribution is -2.41. The van der Waals surface area contributed by atoms with Crippen molar-refractivity contribution in [3.8, 4) is 0 Å². The Bertz CT molecular complexity index is 242. The van der Waals surface area contributed by atoms with Crippen molar-refractivity contribution in [3.05, 3.63) is 0 Å². The van der Waals surface area contributed by atoms with Gasteiger partial charge in [0.1, 0.15) is 6.04 Å². The molecule has 0 spiro atoms. The summed E-state index contributed by atoms with van der Waals surface area (Å²) in [4.78, 5) is 14.2. The van der Waals surface area contributed by atoms with Crippen LogP contribution in [-0.4, -0.2) is 49.7 Å². The van der Waals surface area contributed by atoms with Crippen molar-refractivity contribution in [2.75, 3.05) is 26.7 Å². The van der Waals surface area contributed by atoms with Crippen molar-refractivity contribution >= 4 is 5.97 Å². The Morgan fingerprint density at radius 3 is 2.56 bits per heavy atom. The van der Waals surface area contributed by atoms with E-state index < -0.39 is 0 Å². The smallest absolute Gasteiger partial charge is 0.322 e. The van der Waals surface area contributed by atoms with E-state index in [-0.39, 0.29) is 12.0 Å². The summed E-state index contributed by atoms with van der Waals surface area (Å²) >= 11 is 0. The molecule has 1 N–H and O–H groups in total. The predicted molar refractivity (Wildman–Crippen MR) is 73.6 cm³/mol. The molecule has 0 radical (unpaired) electrons. The first-order valence-electron chi connectivity index (χ1n) is 7.28. The second-order valence-electron chi connectivity index (χ2n) is 5.09. The number of hydrogen-bond acceptors (Lipinski definition) is 4. The molecule has 1 rings (SSSR count). The minimum atomic E-state index is -0.145. The van der Waals surface area contributed by atoms with E-state index in [1.165, 1.54) is 26.4 Å². The maximum atomic E-state index is 11.7. The minimum Gasteiger partial charge on any atom is -0.468 e. The number of nitrogens with one attached hydrogen (secondary N) is 1. The van der Waals surface area contributed by atoms with E-state index in [1.807, 2.05) is 0 Å². The molecule has 4 nitrogen and oxygen atoms in total.